The van der Waals surface area contributed by atoms with Crippen LogP contribution < -0.4 is 5.32 Å². The first kappa shape index (κ1) is 32.1. The second-order valence-corrected chi connectivity index (χ2v) is 11.3. The van der Waals surface area contributed by atoms with Crippen LogP contribution in [0.15, 0.2) is 42.5 Å². The molecule has 1 saturated heterocycles. The third-order valence-corrected chi connectivity index (χ3v) is 7.06. The molecule has 2 aromatic rings. The number of piperidine rings is 1. The van der Waals surface area contributed by atoms with Gasteiger partial charge in [-0.25, -0.2) is 9.59 Å². The lowest BCUT2D eigenvalue weighted by atomic mass is 9.88. The van der Waals surface area contributed by atoms with E-state index >= 15 is 0 Å². The normalized spacial score (nSPS) is 19.0. The summed E-state index contributed by atoms with van der Waals surface area (Å²) in [5.41, 5.74) is -2.38. The van der Waals surface area contributed by atoms with E-state index in [1.165, 1.54) is 18.9 Å². The van der Waals surface area contributed by atoms with Crippen LogP contribution in [0, 0.1) is 6.92 Å². The molecule has 1 aliphatic rings. The summed E-state index contributed by atoms with van der Waals surface area (Å²) in [7, 11) is 1.33. The maximum absolute atomic E-state index is 13.9. The zero-order chi connectivity index (χ0) is 30.9. The molecule has 2 aromatic carbocycles. The minimum Gasteiger partial charge on any atom is -0.444 e. The zero-order valence-corrected chi connectivity index (χ0v) is 23.8. The molecule has 1 heterocycles. The zero-order valence-electron chi connectivity index (χ0n) is 23.8. The average Bonchev–Trinajstić information content (AvgIpc) is 2.85. The van der Waals surface area contributed by atoms with Gasteiger partial charge in [0.2, 0.25) is 0 Å². The van der Waals surface area contributed by atoms with Crippen LogP contribution in [0.4, 0.5) is 35.9 Å². The number of rotatable bonds is 4. The van der Waals surface area contributed by atoms with Crippen molar-refractivity contribution in [2.45, 2.75) is 83.5 Å². The lowest BCUT2D eigenvalue weighted by Gasteiger charge is -2.44. The molecule has 1 N–H and O–H groups in total. The number of aryl methyl sites for hydroxylation is 1. The molecule has 3 atom stereocenters. The Kier molecular flexibility index (Phi) is 9.24. The molecule has 1 aliphatic heterocycles. The topological polar surface area (TPSA) is 61.9 Å². The molecule has 0 bridgehead atoms. The standard InChI is InChI=1S/C29H35F6N3O3/c1-17-10-7-8-11-22(17)24-23(36-25(39)41-27(3,4)5)12-9-13-38(24)26(40)37(6)18(2)19-14-20(28(30,31)32)16-21(15-19)29(33,34)35/h7-8,10-11,14-16,18,23-24H,9,12-13H2,1-6H3,(H,36,39). The SMILES string of the molecule is Cc1ccccc1C1C(NC(=O)OC(C)(C)C)CCCN1C(=O)N(C)C(C)c1cc(C(F)(F)F)cc(C(F)(F)F)c1. The number of carbonyl (C=O) groups is 2. The summed E-state index contributed by atoms with van der Waals surface area (Å²) in [6.07, 6.45) is -9.67. The molecule has 12 heteroatoms. The van der Waals surface area contributed by atoms with Crippen molar-refractivity contribution >= 4 is 12.1 Å². The molecular formula is C29H35F6N3O3. The van der Waals surface area contributed by atoms with Gasteiger partial charge in [0.1, 0.15) is 5.60 Å². The molecule has 41 heavy (non-hydrogen) atoms. The van der Waals surface area contributed by atoms with Crippen molar-refractivity contribution in [3.8, 4) is 0 Å². The monoisotopic (exact) mass is 587 g/mol. The molecular weight excluding hydrogens is 552 g/mol. The van der Waals surface area contributed by atoms with Gasteiger partial charge in [-0.05, 0) is 82.3 Å². The van der Waals surface area contributed by atoms with E-state index < -0.39 is 59.3 Å². The van der Waals surface area contributed by atoms with E-state index in [0.717, 1.165) is 16.0 Å². The number of carbonyl (C=O) groups excluding carboxylic acids is 2. The van der Waals surface area contributed by atoms with Crippen LogP contribution >= 0.6 is 0 Å². The fourth-order valence-electron chi connectivity index (χ4n) is 4.94. The molecule has 0 spiro atoms. The first-order valence-corrected chi connectivity index (χ1v) is 13.2. The molecule has 0 aromatic heterocycles. The number of nitrogens with one attached hydrogen (secondary N) is 1. The Balaban J connectivity index is 1.99. The molecule has 0 saturated carbocycles. The summed E-state index contributed by atoms with van der Waals surface area (Å²) < 4.78 is 86.3. The first-order valence-electron chi connectivity index (χ1n) is 13.2. The molecule has 226 valence electrons. The van der Waals surface area contributed by atoms with Gasteiger partial charge in [0, 0.05) is 13.6 Å². The van der Waals surface area contributed by atoms with Crippen LogP contribution in [0.2, 0.25) is 0 Å². The van der Waals surface area contributed by atoms with Gasteiger partial charge >= 0.3 is 24.5 Å². The smallest absolute Gasteiger partial charge is 0.416 e. The van der Waals surface area contributed by atoms with Crippen molar-refractivity contribution in [3.63, 3.8) is 0 Å². The Labute approximate surface area is 235 Å². The Morgan fingerprint density at radius 1 is 1.00 bits per heavy atom. The maximum atomic E-state index is 13.9. The fourth-order valence-corrected chi connectivity index (χ4v) is 4.94. The number of nitrogens with zero attached hydrogens (tertiary/aromatic N) is 2. The average molecular weight is 588 g/mol. The number of urea groups is 1. The summed E-state index contributed by atoms with van der Waals surface area (Å²) in [6.45, 7) is 8.64. The summed E-state index contributed by atoms with van der Waals surface area (Å²) in [6, 6.07) is 5.65. The number of amides is 3. The molecule has 1 fully saturated rings. The third kappa shape index (κ3) is 7.85. The summed E-state index contributed by atoms with van der Waals surface area (Å²) in [5, 5.41) is 2.86. The van der Waals surface area contributed by atoms with Crippen molar-refractivity contribution in [1.29, 1.82) is 0 Å². The maximum Gasteiger partial charge on any atom is 0.416 e. The van der Waals surface area contributed by atoms with Gasteiger partial charge in [0.05, 0.1) is 29.3 Å². The van der Waals surface area contributed by atoms with Gasteiger partial charge in [0.15, 0.2) is 0 Å². The van der Waals surface area contributed by atoms with Gasteiger partial charge in [0.25, 0.3) is 0 Å². The number of alkyl carbamates (subject to hydrolysis) is 1. The molecule has 0 aliphatic carbocycles. The van der Waals surface area contributed by atoms with Crippen molar-refractivity contribution in [3.05, 3.63) is 70.3 Å². The molecule has 3 amide bonds. The van der Waals surface area contributed by atoms with E-state index in [0.29, 0.717) is 25.0 Å². The molecule has 3 unspecified atom stereocenters. The Morgan fingerprint density at radius 3 is 2.07 bits per heavy atom. The highest BCUT2D eigenvalue weighted by Gasteiger charge is 2.41. The fraction of sp³-hybridized carbons (Fsp3) is 0.517. The quantitative estimate of drug-likeness (QED) is 0.370. The third-order valence-electron chi connectivity index (χ3n) is 7.06. The predicted molar refractivity (Wildman–Crippen MR) is 141 cm³/mol. The number of alkyl halides is 6. The van der Waals surface area contributed by atoms with E-state index in [1.54, 1.807) is 26.8 Å². The van der Waals surface area contributed by atoms with Crippen LogP contribution in [0.5, 0.6) is 0 Å². The van der Waals surface area contributed by atoms with Crippen molar-refractivity contribution in [1.82, 2.24) is 15.1 Å². The summed E-state index contributed by atoms with van der Waals surface area (Å²) in [5.74, 6) is 0. The minimum absolute atomic E-state index is 0.0593. The van der Waals surface area contributed by atoms with Crippen LogP contribution in [-0.4, -0.2) is 47.2 Å². The van der Waals surface area contributed by atoms with Crippen LogP contribution in [0.1, 0.15) is 80.4 Å². The van der Waals surface area contributed by atoms with Gasteiger partial charge in [-0.2, -0.15) is 26.3 Å². The van der Waals surface area contributed by atoms with Crippen molar-refractivity contribution < 1.29 is 40.7 Å². The number of likely N-dealkylation sites (tertiary alicyclic amines) is 1. The second kappa shape index (κ2) is 11.8. The highest BCUT2D eigenvalue weighted by atomic mass is 19.4. The van der Waals surface area contributed by atoms with Gasteiger partial charge in [-0.1, -0.05) is 24.3 Å². The van der Waals surface area contributed by atoms with E-state index in [4.69, 9.17) is 4.74 Å². The Hall–Kier alpha value is -3.44. The highest BCUT2D eigenvalue weighted by molar-refractivity contribution is 5.76. The predicted octanol–water partition coefficient (Wildman–Crippen LogP) is 7.88. The summed E-state index contributed by atoms with van der Waals surface area (Å²) >= 11 is 0. The summed E-state index contributed by atoms with van der Waals surface area (Å²) in [4.78, 5) is 29.2. The van der Waals surface area contributed by atoms with Crippen LogP contribution in [0.25, 0.3) is 0 Å². The highest BCUT2D eigenvalue weighted by Crippen LogP contribution is 2.39. The minimum atomic E-state index is -5.01. The Morgan fingerprint density at radius 2 is 1.56 bits per heavy atom. The van der Waals surface area contributed by atoms with Gasteiger partial charge in [-0.3, -0.25) is 0 Å². The number of hydrogen-bond donors (Lipinski definition) is 1. The van der Waals surface area contributed by atoms with Crippen LogP contribution in [-0.2, 0) is 17.1 Å². The van der Waals surface area contributed by atoms with E-state index in [1.807, 2.05) is 25.1 Å². The molecule has 0 radical (unpaired) electrons. The second-order valence-electron chi connectivity index (χ2n) is 11.3. The van der Waals surface area contributed by atoms with Gasteiger partial charge < -0.3 is 19.9 Å². The first-order chi connectivity index (χ1) is 18.8. The van der Waals surface area contributed by atoms with Crippen LogP contribution in [0.3, 0.4) is 0 Å². The van der Waals surface area contributed by atoms with Gasteiger partial charge in [-0.15, -0.1) is 0 Å². The van der Waals surface area contributed by atoms with E-state index in [-0.39, 0.29) is 18.2 Å². The number of hydrogen-bond acceptors (Lipinski definition) is 3. The number of ether oxygens (including phenoxy) is 1. The van der Waals surface area contributed by atoms with Crippen molar-refractivity contribution in [2.75, 3.05) is 13.6 Å². The molecule has 6 nitrogen and oxygen atoms in total. The molecule has 3 rings (SSSR count). The van der Waals surface area contributed by atoms with Crippen molar-refractivity contribution in [2.24, 2.45) is 0 Å². The number of benzene rings is 2. The largest absolute Gasteiger partial charge is 0.444 e. The lowest BCUT2D eigenvalue weighted by molar-refractivity contribution is -0.143. The lowest BCUT2D eigenvalue weighted by Crippen LogP contribution is -2.55. The Bertz CT molecular complexity index is 1220. The number of halogens is 6. The van der Waals surface area contributed by atoms with E-state index in [2.05, 4.69) is 5.32 Å². The van der Waals surface area contributed by atoms with E-state index in [9.17, 15) is 35.9 Å².